The van der Waals surface area contributed by atoms with Crippen LogP contribution >= 0.6 is 11.3 Å². The second-order valence-corrected chi connectivity index (χ2v) is 5.78. The number of rotatable bonds is 8. The highest BCUT2D eigenvalue weighted by atomic mass is 32.1. The SMILES string of the molecule is CCCN(CCC)C(C)(CN)Cc1ccsc1. The predicted molar refractivity (Wildman–Crippen MR) is 77.6 cm³/mol. The summed E-state index contributed by atoms with van der Waals surface area (Å²) in [5, 5.41) is 4.39. The van der Waals surface area contributed by atoms with Crippen LogP contribution in [0.25, 0.3) is 0 Å². The molecule has 1 atom stereocenters. The molecule has 0 aliphatic rings. The van der Waals surface area contributed by atoms with E-state index in [0.29, 0.717) is 0 Å². The third-order valence-electron chi connectivity index (χ3n) is 3.36. The van der Waals surface area contributed by atoms with Gasteiger partial charge in [0.15, 0.2) is 0 Å². The van der Waals surface area contributed by atoms with Gasteiger partial charge in [0.2, 0.25) is 0 Å². The van der Waals surface area contributed by atoms with E-state index in [4.69, 9.17) is 5.73 Å². The van der Waals surface area contributed by atoms with Crippen LogP contribution in [0.1, 0.15) is 39.2 Å². The first-order chi connectivity index (χ1) is 8.16. The molecule has 0 bridgehead atoms. The first kappa shape index (κ1) is 14.7. The molecule has 0 saturated heterocycles. The maximum Gasteiger partial charge on any atom is 0.0344 e. The van der Waals surface area contributed by atoms with E-state index in [1.807, 2.05) is 0 Å². The maximum absolute atomic E-state index is 6.05. The molecule has 0 spiro atoms. The average molecular weight is 254 g/mol. The van der Waals surface area contributed by atoms with Crippen LogP contribution in [0.5, 0.6) is 0 Å². The molecule has 0 amide bonds. The van der Waals surface area contributed by atoms with Crippen molar-refractivity contribution < 1.29 is 0 Å². The molecule has 2 nitrogen and oxygen atoms in total. The summed E-state index contributed by atoms with van der Waals surface area (Å²) in [5.41, 5.74) is 7.57. The van der Waals surface area contributed by atoms with Gasteiger partial charge in [0, 0.05) is 12.1 Å². The molecule has 0 radical (unpaired) electrons. The van der Waals surface area contributed by atoms with Crippen molar-refractivity contribution in [2.75, 3.05) is 19.6 Å². The zero-order chi connectivity index (χ0) is 12.7. The maximum atomic E-state index is 6.05. The molecule has 0 fully saturated rings. The standard InChI is InChI=1S/C14H26N2S/c1-4-7-16(8-5-2)14(3,12-15)10-13-6-9-17-11-13/h6,9,11H,4-5,7-8,10,12,15H2,1-3H3. The molecule has 1 unspecified atom stereocenters. The third kappa shape index (κ3) is 4.09. The van der Waals surface area contributed by atoms with Gasteiger partial charge in [-0.1, -0.05) is 13.8 Å². The van der Waals surface area contributed by atoms with Gasteiger partial charge in [0.25, 0.3) is 0 Å². The van der Waals surface area contributed by atoms with Crippen molar-refractivity contribution in [1.82, 2.24) is 4.90 Å². The molecule has 0 aliphatic carbocycles. The summed E-state index contributed by atoms with van der Waals surface area (Å²) < 4.78 is 0. The fraction of sp³-hybridized carbons (Fsp3) is 0.714. The highest BCUT2D eigenvalue weighted by Gasteiger charge is 2.29. The highest BCUT2D eigenvalue weighted by molar-refractivity contribution is 7.07. The molecule has 1 rings (SSSR count). The lowest BCUT2D eigenvalue weighted by Gasteiger charge is -2.40. The largest absolute Gasteiger partial charge is 0.329 e. The van der Waals surface area contributed by atoms with E-state index in [0.717, 1.165) is 26.1 Å². The second-order valence-electron chi connectivity index (χ2n) is 5.00. The van der Waals surface area contributed by atoms with E-state index in [1.165, 1.54) is 18.4 Å². The molecule has 2 N–H and O–H groups in total. The summed E-state index contributed by atoms with van der Waals surface area (Å²) in [5.74, 6) is 0. The van der Waals surface area contributed by atoms with Gasteiger partial charge >= 0.3 is 0 Å². The number of nitrogens with two attached hydrogens (primary N) is 1. The minimum absolute atomic E-state index is 0.104. The summed E-state index contributed by atoms with van der Waals surface area (Å²) in [6.07, 6.45) is 3.45. The van der Waals surface area contributed by atoms with Gasteiger partial charge in [-0.3, -0.25) is 4.90 Å². The molecule has 1 aromatic rings. The number of thiophene rings is 1. The lowest BCUT2D eigenvalue weighted by Crippen LogP contribution is -2.53. The summed E-state index contributed by atoms with van der Waals surface area (Å²) in [7, 11) is 0. The van der Waals surface area contributed by atoms with E-state index in [1.54, 1.807) is 11.3 Å². The van der Waals surface area contributed by atoms with Gasteiger partial charge in [-0.15, -0.1) is 0 Å². The molecular weight excluding hydrogens is 228 g/mol. The van der Waals surface area contributed by atoms with Crippen LogP contribution in [-0.4, -0.2) is 30.1 Å². The molecule has 1 heterocycles. The van der Waals surface area contributed by atoms with Crippen LogP contribution in [0.15, 0.2) is 16.8 Å². The van der Waals surface area contributed by atoms with Crippen molar-refractivity contribution in [3.05, 3.63) is 22.4 Å². The van der Waals surface area contributed by atoms with Crippen LogP contribution in [0.2, 0.25) is 0 Å². The van der Waals surface area contributed by atoms with Crippen molar-refractivity contribution in [3.8, 4) is 0 Å². The second kappa shape index (κ2) is 7.14. The Balaban J connectivity index is 2.75. The lowest BCUT2D eigenvalue weighted by atomic mass is 9.91. The number of nitrogens with zero attached hydrogens (tertiary/aromatic N) is 1. The Bertz CT molecular complexity index is 291. The van der Waals surface area contributed by atoms with Crippen molar-refractivity contribution in [2.45, 2.75) is 45.6 Å². The molecule has 3 heteroatoms. The Morgan fingerprint density at radius 2 is 1.94 bits per heavy atom. The highest BCUT2D eigenvalue weighted by Crippen LogP contribution is 2.22. The fourth-order valence-electron chi connectivity index (χ4n) is 2.34. The number of hydrogen-bond acceptors (Lipinski definition) is 3. The molecule has 98 valence electrons. The summed E-state index contributed by atoms with van der Waals surface area (Å²) in [6, 6.07) is 2.22. The van der Waals surface area contributed by atoms with Crippen molar-refractivity contribution >= 4 is 11.3 Å². The minimum atomic E-state index is 0.104. The van der Waals surface area contributed by atoms with Gasteiger partial charge in [0.05, 0.1) is 0 Å². The molecule has 0 aromatic carbocycles. The average Bonchev–Trinajstić information content (AvgIpc) is 2.81. The zero-order valence-electron chi connectivity index (χ0n) is 11.4. The van der Waals surface area contributed by atoms with E-state index in [-0.39, 0.29) is 5.54 Å². The molecule has 0 aliphatic heterocycles. The quantitative estimate of drug-likeness (QED) is 0.772. The van der Waals surface area contributed by atoms with Crippen LogP contribution in [0.3, 0.4) is 0 Å². The minimum Gasteiger partial charge on any atom is -0.329 e. The summed E-state index contributed by atoms with van der Waals surface area (Å²) >= 11 is 1.77. The molecular formula is C14H26N2S. The Hall–Kier alpha value is -0.380. The van der Waals surface area contributed by atoms with E-state index in [9.17, 15) is 0 Å². The number of hydrogen-bond donors (Lipinski definition) is 1. The molecule has 1 aromatic heterocycles. The predicted octanol–water partition coefficient (Wildman–Crippen LogP) is 3.13. The summed E-state index contributed by atoms with van der Waals surface area (Å²) in [4.78, 5) is 2.56. The van der Waals surface area contributed by atoms with E-state index >= 15 is 0 Å². The van der Waals surface area contributed by atoms with Crippen LogP contribution in [0, 0.1) is 0 Å². The zero-order valence-corrected chi connectivity index (χ0v) is 12.2. The van der Waals surface area contributed by atoms with Crippen LogP contribution in [0.4, 0.5) is 0 Å². The Morgan fingerprint density at radius 1 is 1.29 bits per heavy atom. The van der Waals surface area contributed by atoms with Gasteiger partial charge in [-0.2, -0.15) is 11.3 Å². The Kier molecular flexibility index (Phi) is 6.17. The van der Waals surface area contributed by atoms with E-state index in [2.05, 4.69) is 42.5 Å². The van der Waals surface area contributed by atoms with Crippen molar-refractivity contribution in [3.63, 3.8) is 0 Å². The van der Waals surface area contributed by atoms with Gasteiger partial charge in [-0.25, -0.2) is 0 Å². The normalized spacial score (nSPS) is 15.1. The van der Waals surface area contributed by atoms with Crippen molar-refractivity contribution in [1.29, 1.82) is 0 Å². The van der Waals surface area contributed by atoms with Crippen molar-refractivity contribution in [2.24, 2.45) is 5.73 Å². The smallest absolute Gasteiger partial charge is 0.0344 e. The Labute approximate surface area is 110 Å². The molecule has 17 heavy (non-hydrogen) atoms. The van der Waals surface area contributed by atoms with Gasteiger partial charge < -0.3 is 5.73 Å². The first-order valence-corrected chi connectivity index (χ1v) is 7.56. The first-order valence-electron chi connectivity index (χ1n) is 6.62. The third-order valence-corrected chi connectivity index (χ3v) is 4.09. The van der Waals surface area contributed by atoms with E-state index < -0.39 is 0 Å². The fourth-order valence-corrected chi connectivity index (χ4v) is 3.01. The Morgan fingerprint density at radius 3 is 2.35 bits per heavy atom. The van der Waals surface area contributed by atoms with Crippen LogP contribution in [-0.2, 0) is 6.42 Å². The lowest BCUT2D eigenvalue weighted by molar-refractivity contribution is 0.110. The molecule has 0 saturated carbocycles. The topological polar surface area (TPSA) is 29.3 Å². The van der Waals surface area contributed by atoms with Gasteiger partial charge in [0.1, 0.15) is 0 Å². The van der Waals surface area contributed by atoms with Crippen LogP contribution < -0.4 is 5.73 Å². The monoisotopic (exact) mass is 254 g/mol. The summed E-state index contributed by atoms with van der Waals surface area (Å²) in [6.45, 7) is 9.80. The van der Waals surface area contributed by atoms with Gasteiger partial charge in [-0.05, 0) is 61.7 Å².